The minimum atomic E-state index is -0.236. The number of hydrogen-bond acceptors (Lipinski definition) is 4. The molecule has 5 nitrogen and oxygen atoms in total. The third-order valence-electron chi connectivity index (χ3n) is 3.62. The van der Waals surface area contributed by atoms with E-state index in [-0.39, 0.29) is 11.4 Å². The maximum absolute atomic E-state index is 12.7. The molecule has 0 aliphatic heterocycles. The Hall–Kier alpha value is -1.82. The van der Waals surface area contributed by atoms with E-state index in [1.54, 1.807) is 0 Å². The van der Waals surface area contributed by atoms with Gasteiger partial charge in [-0.3, -0.25) is 9.89 Å². The van der Waals surface area contributed by atoms with Crippen molar-refractivity contribution >= 4 is 17.7 Å². The third-order valence-corrected chi connectivity index (χ3v) is 4.45. The summed E-state index contributed by atoms with van der Waals surface area (Å²) >= 11 is 1.39. The minimum absolute atomic E-state index is 0.0956. The monoisotopic (exact) mass is 346 g/mol. The summed E-state index contributed by atoms with van der Waals surface area (Å²) in [6.07, 6.45) is 1.90. The van der Waals surface area contributed by atoms with Gasteiger partial charge < -0.3 is 4.90 Å². The highest BCUT2D eigenvalue weighted by molar-refractivity contribution is 7.99. The number of H-pyrrole nitrogens is 1. The van der Waals surface area contributed by atoms with Crippen molar-refractivity contribution < 1.29 is 4.79 Å². The number of nitrogens with one attached hydrogen (secondary N) is 1. The summed E-state index contributed by atoms with van der Waals surface area (Å²) in [5.74, 6) is 1.32. The molecule has 1 N–H and O–H groups in total. The van der Waals surface area contributed by atoms with Crippen LogP contribution in [0.2, 0.25) is 0 Å². The number of amides is 1. The lowest BCUT2D eigenvalue weighted by atomic mass is 10.0. The van der Waals surface area contributed by atoms with Crippen LogP contribution in [-0.2, 0) is 17.8 Å². The first-order valence-corrected chi connectivity index (χ1v) is 9.27. The average Bonchev–Trinajstić information content (AvgIpc) is 2.98. The van der Waals surface area contributed by atoms with Gasteiger partial charge in [0, 0.05) is 18.5 Å². The molecule has 24 heavy (non-hydrogen) atoms. The van der Waals surface area contributed by atoms with Crippen LogP contribution >= 0.6 is 11.8 Å². The van der Waals surface area contributed by atoms with Crippen molar-refractivity contribution in [2.45, 2.75) is 57.8 Å². The van der Waals surface area contributed by atoms with Crippen molar-refractivity contribution in [1.82, 2.24) is 20.1 Å². The zero-order chi connectivity index (χ0) is 17.6. The fraction of sp³-hybridized carbons (Fsp3) is 0.500. The van der Waals surface area contributed by atoms with Crippen LogP contribution in [0.3, 0.4) is 0 Å². The van der Waals surface area contributed by atoms with Crippen LogP contribution in [-0.4, -0.2) is 37.3 Å². The highest BCUT2D eigenvalue weighted by Crippen LogP contribution is 2.21. The molecule has 0 aliphatic carbocycles. The fourth-order valence-electron chi connectivity index (χ4n) is 2.36. The number of carbonyl (C=O) groups excluding carboxylic acids is 1. The van der Waals surface area contributed by atoms with E-state index in [0.717, 1.165) is 24.2 Å². The largest absolute Gasteiger partial charge is 0.333 e. The number of aryl methyl sites for hydroxylation is 1. The molecule has 1 heterocycles. The maximum Gasteiger partial charge on any atom is 0.233 e. The Bertz CT molecular complexity index is 649. The molecule has 0 atom stereocenters. The van der Waals surface area contributed by atoms with Gasteiger partial charge in [-0.1, -0.05) is 49.0 Å². The van der Waals surface area contributed by atoms with Crippen LogP contribution in [0.1, 0.15) is 45.5 Å². The SMILES string of the molecule is CCCc1nc(SCC(=O)N(Cc2ccccc2)C(C)(C)C)n[nH]1. The van der Waals surface area contributed by atoms with Gasteiger partial charge in [-0.25, -0.2) is 4.98 Å². The van der Waals surface area contributed by atoms with Crippen molar-refractivity contribution in [3.8, 4) is 0 Å². The van der Waals surface area contributed by atoms with Crippen molar-refractivity contribution in [2.75, 3.05) is 5.75 Å². The highest BCUT2D eigenvalue weighted by atomic mass is 32.2. The smallest absolute Gasteiger partial charge is 0.233 e. The Balaban J connectivity index is 1.99. The number of aromatic amines is 1. The summed E-state index contributed by atoms with van der Waals surface area (Å²) in [7, 11) is 0. The molecule has 0 unspecified atom stereocenters. The van der Waals surface area contributed by atoms with Gasteiger partial charge in [0.2, 0.25) is 11.1 Å². The maximum atomic E-state index is 12.7. The topological polar surface area (TPSA) is 61.9 Å². The lowest BCUT2D eigenvalue weighted by Gasteiger charge is -2.35. The summed E-state index contributed by atoms with van der Waals surface area (Å²) in [6.45, 7) is 8.89. The number of rotatable bonds is 7. The molecule has 0 radical (unpaired) electrons. The quantitative estimate of drug-likeness (QED) is 0.777. The molecule has 1 amide bonds. The van der Waals surface area contributed by atoms with Crippen LogP contribution in [0, 0.1) is 0 Å². The molecular weight excluding hydrogens is 320 g/mol. The Labute approximate surface area is 148 Å². The number of benzene rings is 1. The summed E-state index contributed by atoms with van der Waals surface area (Å²) in [4.78, 5) is 19.1. The molecule has 0 aliphatic rings. The predicted molar refractivity (Wildman–Crippen MR) is 97.8 cm³/mol. The Morgan fingerprint density at radius 2 is 1.96 bits per heavy atom. The van der Waals surface area contributed by atoms with Crippen LogP contribution in [0.5, 0.6) is 0 Å². The molecule has 0 bridgehead atoms. The molecule has 2 rings (SSSR count). The number of nitrogens with zero attached hydrogens (tertiary/aromatic N) is 3. The second-order valence-electron chi connectivity index (χ2n) is 6.74. The van der Waals surface area contributed by atoms with E-state index in [1.165, 1.54) is 11.8 Å². The highest BCUT2D eigenvalue weighted by Gasteiger charge is 2.26. The zero-order valence-electron chi connectivity index (χ0n) is 14.9. The van der Waals surface area contributed by atoms with Gasteiger partial charge in [0.05, 0.1) is 5.75 Å². The van der Waals surface area contributed by atoms with Crippen LogP contribution < -0.4 is 0 Å². The minimum Gasteiger partial charge on any atom is -0.333 e. The third kappa shape index (κ3) is 5.37. The molecule has 130 valence electrons. The standard InChI is InChI=1S/C18H26N4OS/c1-5-9-15-19-17(21-20-15)24-13-16(23)22(18(2,3)4)12-14-10-7-6-8-11-14/h6-8,10-11H,5,9,12-13H2,1-4H3,(H,19,20,21). The number of thioether (sulfide) groups is 1. The molecular formula is C18H26N4OS. The van der Waals surface area contributed by atoms with Gasteiger partial charge in [-0.05, 0) is 32.8 Å². The number of aromatic nitrogens is 3. The average molecular weight is 347 g/mol. The van der Waals surface area contributed by atoms with E-state index < -0.39 is 0 Å². The Kier molecular flexibility index (Phi) is 6.43. The Morgan fingerprint density at radius 1 is 1.25 bits per heavy atom. The zero-order valence-corrected chi connectivity index (χ0v) is 15.7. The lowest BCUT2D eigenvalue weighted by Crippen LogP contribution is -2.45. The van der Waals surface area contributed by atoms with Gasteiger partial charge >= 0.3 is 0 Å². The predicted octanol–water partition coefficient (Wildman–Crippen LogP) is 3.68. The van der Waals surface area contributed by atoms with Crippen molar-refractivity contribution in [2.24, 2.45) is 0 Å². The van der Waals surface area contributed by atoms with E-state index in [4.69, 9.17) is 0 Å². The number of carbonyl (C=O) groups is 1. The van der Waals surface area contributed by atoms with E-state index in [1.807, 2.05) is 35.2 Å². The molecule has 0 saturated carbocycles. The summed E-state index contributed by atoms with van der Waals surface area (Å²) in [5, 5.41) is 7.73. The van der Waals surface area contributed by atoms with Crippen LogP contribution in [0.25, 0.3) is 0 Å². The van der Waals surface area contributed by atoms with Crippen molar-refractivity contribution in [3.63, 3.8) is 0 Å². The molecule has 0 saturated heterocycles. The van der Waals surface area contributed by atoms with Gasteiger partial charge in [0.25, 0.3) is 0 Å². The van der Waals surface area contributed by atoms with Gasteiger partial charge in [-0.2, -0.15) is 0 Å². The first-order chi connectivity index (χ1) is 11.4. The first kappa shape index (κ1) is 18.5. The second-order valence-corrected chi connectivity index (χ2v) is 7.68. The number of hydrogen-bond donors (Lipinski definition) is 1. The van der Waals surface area contributed by atoms with Gasteiger partial charge in [-0.15, -0.1) is 5.10 Å². The normalized spacial score (nSPS) is 11.5. The van der Waals surface area contributed by atoms with E-state index in [9.17, 15) is 4.79 Å². The Morgan fingerprint density at radius 3 is 2.58 bits per heavy atom. The van der Waals surface area contributed by atoms with E-state index in [2.05, 4.69) is 42.9 Å². The molecule has 0 spiro atoms. The molecule has 1 aromatic carbocycles. The van der Waals surface area contributed by atoms with Crippen LogP contribution in [0.4, 0.5) is 0 Å². The lowest BCUT2D eigenvalue weighted by molar-refractivity contribution is -0.133. The van der Waals surface area contributed by atoms with Crippen molar-refractivity contribution in [3.05, 3.63) is 41.7 Å². The summed E-state index contributed by atoms with van der Waals surface area (Å²) < 4.78 is 0. The molecule has 0 fully saturated rings. The van der Waals surface area contributed by atoms with E-state index >= 15 is 0 Å². The van der Waals surface area contributed by atoms with Crippen molar-refractivity contribution in [1.29, 1.82) is 0 Å². The van der Waals surface area contributed by atoms with Gasteiger partial charge in [0.15, 0.2) is 0 Å². The first-order valence-electron chi connectivity index (χ1n) is 8.28. The van der Waals surface area contributed by atoms with Crippen LogP contribution in [0.15, 0.2) is 35.5 Å². The fourth-order valence-corrected chi connectivity index (χ4v) is 3.05. The second kappa shape index (κ2) is 8.33. The molecule has 6 heteroatoms. The molecule has 1 aromatic heterocycles. The summed E-state index contributed by atoms with van der Waals surface area (Å²) in [6, 6.07) is 10.1. The summed E-state index contributed by atoms with van der Waals surface area (Å²) in [5.41, 5.74) is 0.897. The molecule has 2 aromatic rings. The van der Waals surface area contributed by atoms with Gasteiger partial charge in [0.1, 0.15) is 5.82 Å². The van der Waals surface area contributed by atoms with E-state index in [0.29, 0.717) is 17.5 Å².